The van der Waals surface area contributed by atoms with Crippen LogP contribution in [-0.4, -0.2) is 36.8 Å². The van der Waals surface area contributed by atoms with Crippen molar-refractivity contribution in [2.45, 2.75) is 45.6 Å². The fraction of sp³-hybridized carbons (Fsp3) is 0.917. The van der Waals surface area contributed by atoms with E-state index < -0.39 is 0 Å². The molecule has 0 aliphatic heterocycles. The second-order valence-corrected chi connectivity index (χ2v) is 5.08. The van der Waals surface area contributed by atoms with E-state index in [4.69, 9.17) is 5.11 Å². The normalized spacial score (nSPS) is 20.7. The molecule has 1 amide bonds. The Balaban J connectivity index is 2.10. The van der Waals surface area contributed by atoms with Crippen molar-refractivity contribution >= 4 is 5.91 Å². The van der Waals surface area contributed by atoms with Gasteiger partial charge < -0.3 is 15.7 Å². The van der Waals surface area contributed by atoms with E-state index in [9.17, 15) is 4.79 Å². The summed E-state index contributed by atoms with van der Waals surface area (Å²) in [6, 6.07) is 0. The first kappa shape index (κ1) is 13.5. The third-order valence-corrected chi connectivity index (χ3v) is 3.28. The van der Waals surface area contributed by atoms with Crippen LogP contribution in [0.1, 0.15) is 39.5 Å². The molecule has 0 heterocycles. The highest BCUT2D eigenvalue weighted by molar-refractivity contribution is 5.82. The van der Waals surface area contributed by atoms with Gasteiger partial charge in [-0.1, -0.05) is 19.8 Å². The highest BCUT2D eigenvalue weighted by Crippen LogP contribution is 2.37. The van der Waals surface area contributed by atoms with E-state index in [0.29, 0.717) is 19.6 Å². The van der Waals surface area contributed by atoms with Crippen LogP contribution in [0.3, 0.4) is 0 Å². The second kappa shape index (κ2) is 6.21. The molecule has 0 aromatic rings. The van der Waals surface area contributed by atoms with Crippen LogP contribution in [0.2, 0.25) is 0 Å². The Kier molecular flexibility index (Phi) is 5.22. The van der Waals surface area contributed by atoms with Crippen molar-refractivity contribution < 1.29 is 9.90 Å². The lowest BCUT2D eigenvalue weighted by Crippen LogP contribution is -2.41. The van der Waals surface area contributed by atoms with Gasteiger partial charge in [-0.05, 0) is 19.8 Å². The monoisotopic (exact) mass is 228 g/mol. The van der Waals surface area contributed by atoms with Crippen molar-refractivity contribution in [2.75, 3.05) is 19.6 Å². The van der Waals surface area contributed by atoms with Crippen molar-refractivity contribution in [3.63, 3.8) is 0 Å². The summed E-state index contributed by atoms with van der Waals surface area (Å²) < 4.78 is 0. The average Bonchev–Trinajstić information content (AvgIpc) is 2.65. The van der Waals surface area contributed by atoms with Crippen molar-refractivity contribution in [3.8, 4) is 0 Å². The Morgan fingerprint density at radius 1 is 1.38 bits per heavy atom. The van der Waals surface area contributed by atoms with E-state index in [1.165, 1.54) is 12.8 Å². The summed E-state index contributed by atoms with van der Waals surface area (Å²) in [5, 5.41) is 15.1. The number of rotatable bonds is 6. The van der Waals surface area contributed by atoms with E-state index in [1.807, 2.05) is 0 Å². The molecule has 0 bridgehead atoms. The molecule has 16 heavy (non-hydrogen) atoms. The zero-order valence-electron chi connectivity index (χ0n) is 10.4. The minimum atomic E-state index is -0.331. The van der Waals surface area contributed by atoms with Crippen LogP contribution < -0.4 is 10.6 Å². The SMILES string of the molecule is CC(O)CNCCNC(=O)C1(C)CCCC1. The van der Waals surface area contributed by atoms with Gasteiger partial charge in [-0.3, -0.25) is 4.79 Å². The summed E-state index contributed by atoms with van der Waals surface area (Å²) in [7, 11) is 0. The summed E-state index contributed by atoms with van der Waals surface area (Å²) in [5.74, 6) is 0.184. The number of carbonyl (C=O) groups excluding carboxylic acids is 1. The smallest absolute Gasteiger partial charge is 0.225 e. The largest absolute Gasteiger partial charge is 0.392 e. The first-order valence-corrected chi connectivity index (χ1v) is 6.22. The Bertz CT molecular complexity index is 223. The lowest BCUT2D eigenvalue weighted by molar-refractivity contribution is -0.129. The molecule has 3 N–H and O–H groups in total. The first-order valence-electron chi connectivity index (χ1n) is 6.22. The third-order valence-electron chi connectivity index (χ3n) is 3.28. The van der Waals surface area contributed by atoms with E-state index in [0.717, 1.165) is 12.8 Å². The third kappa shape index (κ3) is 4.10. The van der Waals surface area contributed by atoms with Crippen molar-refractivity contribution in [2.24, 2.45) is 5.41 Å². The first-order chi connectivity index (χ1) is 7.54. The fourth-order valence-electron chi connectivity index (χ4n) is 2.17. The highest BCUT2D eigenvalue weighted by atomic mass is 16.3. The second-order valence-electron chi connectivity index (χ2n) is 5.08. The van der Waals surface area contributed by atoms with Gasteiger partial charge >= 0.3 is 0 Å². The van der Waals surface area contributed by atoms with E-state index in [1.54, 1.807) is 6.92 Å². The van der Waals surface area contributed by atoms with Crippen LogP contribution in [0.5, 0.6) is 0 Å². The molecule has 1 fully saturated rings. The van der Waals surface area contributed by atoms with Gasteiger partial charge in [-0.25, -0.2) is 0 Å². The number of amides is 1. The molecule has 1 rings (SSSR count). The molecule has 4 nitrogen and oxygen atoms in total. The number of hydrogen-bond donors (Lipinski definition) is 3. The number of carbonyl (C=O) groups is 1. The zero-order valence-corrected chi connectivity index (χ0v) is 10.4. The summed E-state index contributed by atoms with van der Waals surface area (Å²) >= 11 is 0. The Hall–Kier alpha value is -0.610. The lowest BCUT2D eigenvalue weighted by Gasteiger charge is -2.22. The Morgan fingerprint density at radius 2 is 2.00 bits per heavy atom. The molecule has 0 saturated heterocycles. The van der Waals surface area contributed by atoms with Crippen LogP contribution in [0.15, 0.2) is 0 Å². The summed E-state index contributed by atoms with van der Waals surface area (Å²) in [6.45, 7) is 5.73. The number of nitrogens with one attached hydrogen (secondary N) is 2. The fourth-order valence-corrected chi connectivity index (χ4v) is 2.17. The molecule has 0 radical (unpaired) electrons. The maximum absolute atomic E-state index is 11.9. The van der Waals surface area contributed by atoms with Gasteiger partial charge in [0.25, 0.3) is 0 Å². The number of aliphatic hydroxyl groups is 1. The maximum Gasteiger partial charge on any atom is 0.225 e. The van der Waals surface area contributed by atoms with Crippen LogP contribution in [0.4, 0.5) is 0 Å². The van der Waals surface area contributed by atoms with Gasteiger partial charge in [-0.2, -0.15) is 0 Å². The molecule has 1 aliphatic rings. The highest BCUT2D eigenvalue weighted by Gasteiger charge is 2.35. The van der Waals surface area contributed by atoms with Crippen LogP contribution in [-0.2, 0) is 4.79 Å². The molecule has 94 valence electrons. The summed E-state index contributed by atoms with van der Waals surface area (Å²) in [4.78, 5) is 11.9. The standard InChI is InChI=1S/C12H24N2O2/c1-10(15)9-13-7-8-14-11(16)12(2)5-3-4-6-12/h10,13,15H,3-9H2,1-2H3,(H,14,16). The van der Waals surface area contributed by atoms with Crippen LogP contribution >= 0.6 is 0 Å². The van der Waals surface area contributed by atoms with Gasteiger partial charge in [0.1, 0.15) is 0 Å². The Labute approximate surface area is 97.8 Å². The molecular formula is C12H24N2O2. The summed E-state index contributed by atoms with van der Waals surface area (Å²) in [5.41, 5.74) is -0.135. The van der Waals surface area contributed by atoms with Crippen LogP contribution in [0, 0.1) is 5.41 Å². The molecule has 1 aliphatic carbocycles. The van der Waals surface area contributed by atoms with Gasteiger partial charge in [-0.15, -0.1) is 0 Å². The average molecular weight is 228 g/mol. The predicted molar refractivity (Wildman–Crippen MR) is 64.1 cm³/mol. The molecular weight excluding hydrogens is 204 g/mol. The zero-order chi connectivity index (χ0) is 12.0. The van der Waals surface area contributed by atoms with E-state index >= 15 is 0 Å². The van der Waals surface area contributed by atoms with E-state index in [2.05, 4.69) is 17.6 Å². The molecule has 1 atom stereocenters. The van der Waals surface area contributed by atoms with Gasteiger partial charge in [0.2, 0.25) is 5.91 Å². The maximum atomic E-state index is 11.9. The Morgan fingerprint density at radius 3 is 2.56 bits per heavy atom. The van der Waals surface area contributed by atoms with Gasteiger partial charge in [0.15, 0.2) is 0 Å². The molecule has 1 unspecified atom stereocenters. The molecule has 4 heteroatoms. The predicted octanol–water partition coefficient (Wildman–Crippen LogP) is 0.653. The minimum Gasteiger partial charge on any atom is -0.392 e. The van der Waals surface area contributed by atoms with E-state index in [-0.39, 0.29) is 17.4 Å². The number of hydrogen-bond acceptors (Lipinski definition) is 3. The lowest BCUT2D eigenvalue weighted by atomic mass is 9.88. The topological polar surface area (TPSA) is 61.4 Å². The van der Waals surface area contributed by atoms with Crippen molar-refractivity contribution in [1.82, 2.24) is 10.6 Å². The molecule has 1 saturated carbocycles. The van der Waals surface area contributed by atoms with Crippen molar-refractivity contribution in [1.29, 1.82) is 0 Å². The summed E-state index contributed by atoms with van der Waals surface area (Å²) in [6.07, 6.45) is 4.04. The quantitative estimate of drug-likeness (QED) is 0.585. The molecule has 0 spiro atoms. The van der Waals surface area contributed by atoms with Crippen molar-refractivity contribution in [3.05, 3.63) is 0 Å². The molecule has 0 aromatic heterocycles. The van der Waals surface area contributed by atoms with Crippen LogP contribution in [0.25, 0.3) is 0 Å². The minimum absolute atomic E-state index is 0.135. The van der Waals surface area contributed by atoms with Gasteiger partial charge in [0.05, 0.1) is 6.10 Å². The number of aliphatic hydroxyl groups excluding tert-OH is 1. The van der Waals surface area contributed by atoms with Gasteiger partial charge in [0, 0.05) is 25.0 Å². The molecule has 0 aromatic carbocycles.